The van der Waals surface area contributed by atoms with Crippen LogP contribution < -0.4 is 69.0 Å². The second-order valence-electron chi connectivity index (χ2n) is 35.4. The fraction of sp³-hybridized carbons (Fsp3) is 0.241. The monoisotopic (exact) mass is 2130 g/mol. The molecule has 7 N–H and O–H groups in total. The zero-order chi connectivity index (χ0) is 105. The number of aryl methyl sites for hydroxylation is 1. The van der Waals surface area contributed by atoms with Gasteiger partial charge in [0.25, 0.3) is 23.6 Å². The molecule has 0 radical (unpaired) electrons. The number of amidine groups is 1. The van der Waals surface area contributed by atoms with Gasteiger partial charge in [-0.25, -0.2) is 0 Å². The maximum atomic E-state index is 13.1. The molecule has 146 heavy (non-hydrogen) atoms. The number of piperazine rings is 1. The lowest BCUT2D eigenvalue weighted by Crippen LogP contribution is -2.51. The van der Waals surface area contributed by atoms with Gasteiger partial charge in [-0.3, -0.25) is 49.1 Å². The first-order chi connectivity index (χ1) is 69.9. The number of hydrogen-bond donors (Lipinski definition) is 7. The lowest BCUT2D eigenvalue weighted by Gasteiger charge is -2.38. The van der Waals surface area contributed by atoms with E-state index < -0.39 is 0 Å². The van der Waals surface area contributed by atoms with Crippen LogP contribution in [0.3, 0.4) is 0 Å². The highest BCUT2D eigenvalue weighted by Crippen LogP contribution is 2.52. The minimum absolute atomic E-state index is 0.0606. The lowest BCUT2D eigenvalue weighted by atomic mass is 9.94. The fourth-order valence-corrected chi connectivity index (χ4v) is 19.2. The predicted molar refractivity (Wildman–Crippen MR) is 583 cm³/mol. The number of ether oxygens (including phenoxy) is 8. The number of aromatic amines is 3. The largest absolute Gasteiger partial charge is 0.495 e. The molecule has 1 saturated heterocycles. The van der Waals surface area contributed by atoms with Crippen molar-refractivity contribution < 1.29 is 66.7 Å². The average Bonchev–Trinajstić information content (AvgIpc) is 1.49. The number of fused-ring (bicyclic) bond motifs is 4. The summed E-state index contributed by atoms with van der Waals surface area (Å²) in [7, 11) is 23.6. The van der Waals surface area contributed by atoms with Crippen LogP contribution >= 0.6 is 92.8 Å². The standard InChI is InChI=1S/C32H34Cl2N4O4.C27H26Cl2N4O4.C25H24Cl2N4O3.C24H22Cl2N4O3/c1-32(2,3)31(40)38-14-12-37(13-15-38)22-9-6-19(7-10-22)30(39)36-29-23-11-8-20(16-21(23)18-35-29)26-27(33)24(41-4)17-25(42-5)28(26)34;1-33(2)22(34)12-7-15-5-8-16(9-6-15)27(35)30-26-18-11-10-17(13-19(18)31-32-26)23-24(28)20(36-3)14-21(37-4)25(23)29;1-31(2)13-14-5-7-15(8-6-14)25(32)28-24-17-10-9-16(11-18(17)29-30-24)21-22(26)19(33-3)12-20(34-4)23(21)27;1-30(2)15-8-5-13(6-9-15)24(31)27-23-16-10-7-14(11-17(16)28-29-23)20-21(25)18(32-3)12-19(33-4)22(20)26/h6-11,16-17H,12-15,18H2,1-5H3,(H,35,36,39);5-6,8-11,13-14H,7,12H2,1-4H3,(H2,30,31,32,35);5-12H,13H2,1-4H3,(H2,28,29,30,32);5-12H,1-4H3,(H2,27,28,29,31). The Morgan fingerprint density at radius 3 is 1.01 bits per heavy atom. The third-order valence-electron chi connectivity index (χ3n) is 24.2. The summed E-state index contributed by atoms with van der Waals surface area (Å²) in [6.07, 6.45) is 1.03. The van der Waals surface area contributed by atoms with E-state index in [-0.39, 0.29) is 40.9 Å². The van der Waals surface area contributed by atoms with Gasteiger partial charge in [-0.05, 0) is 175 Å². The Bertz CT molecular complexity index is 7340. The molecule has 17 rings (SSSR count). The zero-order valence-corrected chi connectivity index (χ0v) is 88.9. The van der Waals surface area contributed by atoms with Crippen molar-refractivity contribution in [1.29, 1.82) is 0 Å². The Kier molecular flexibility index (Phi) is 34.9. The molecule has 0 bridgehead atoms. The quantitative estimate of drug-likeness (QED) is 0.0265. The van der Waals surface area contributed by atoms with Crippen LogP contribution in [0.5, 0.6) is 46.0 Å². The number of aliphatic imine (C=N–C) groups is 1. The molecule has 30 nitrogen and oxygen atoms in total. The van der Waals surface area contributed by atoms with Crippen molar-refractivity contribution in [1.82, 2.24) is 50.6 Å². The van der Waals surface area contributed by atoms with E-state index in [1.165, 1.54) is 56.9 Å². The number of anilines is 5. The molecule has 0 atom stereocenters. The first-order valence-corrected chi connectivity index (χ1v) is 48.7. The van der Waals surface area contributed by atoms with Crippen LogP contribution in [-0.4, -0.2) is 212 Å². The molecule has 6 amide bonds. The fourth-order valence-electron chi connectivity index (χ4n) is 16.4. The van der Waals surface area contributed by atoms with Gasteiger partial charge in [0.15, 0.2) is 17.5 Å². The Labute approximate surface area is 884 Å². The molecule has 758 valence electrons. The summed E-state index contributed by atoms with van der Waals surface area (Å²) in [4.78, 5) is 90.2. The number of H-pyrrole nitrogens is 3. The highest BCUT2D eigenvalue weighted by Gasteiger charge is 2.32. The van der Waals surface area contributed by atoms with Gasteiger partial charge in [0.05, 0.1) is 120 Å². The van der Waals surface area contributed by atoms with Crippen LogP contribution in [0.4, 0.5) is 28.8 Å². The second kappa shape index (κ2) is 47.3. The smallest absolute Gasteiger partial charge is 0.256 e. The molecule has 0 aliphatic carbocycles. The van der Waals surface area contributed by atoms with Crippen LogP contribution in [0.25, 0.3) is 77.2 Å². The van der Waals surface area contributed by atoms with Gasteiger partial charge in [0, 0.05) is 175 Å². The first kappa shape index (κ1) is 108. The number of carbonyl (C=O) groups is 6. The number of methoxy groups -OCH3 is 8. The van der Waals surface area contributed by atoms with Crippen molar-refractivity contribution in [3.63, 3.8) is 0 Å². The van der Waals surface area contributed by atoms with Gasteiger partial charge in [0.2, 0.25) is 11.8 Å². The number of amides is 6. The molecule has 2 aliphatic heterocycles. The van der Waals surface area contributed by atoms with Crippen LogP contribution in [0.15, 0.2) is 199 Å². The zero-order valence-electron chi connectivity index (χ0n) is 82.9. The van der Waals surface area contributed by atoms with E-state index in [4.69, 9.17) is 131 Å². The second-order valence-corrected chi connectivity index (χ2v) is 38.4. The van der Waals surface area contributed by atoms with Crippen LogP contribution in [0, 0.1) is 5.41 Å². The van der Waals surface area contributed by atoms with Gasteiger partial charge >= 0.3 is 0 Å². The van der Waals surface area contributed by atoms with Gasteiger partial charge in [-0.2, -0.15) is 15.3 Å². The van der Waals surface area contributed by atoms with Crippen molar-refractivity contribution in [3.05, 3.63) is 279 Å². The van der Waals surface area contributed by atoms with E-state index in [9.17, 15) is 28.8 Å². The van der Waals surface area contributed by atoms with Crippen molar-refractivity contribution >= 4 is 196 Å². The molecular weight excluding hydrogens is 2030 g/mol. The number of rotatable bonds is 26. The SMILES string of the molecule is COc1cc(OC)c(Cl)c(-c2ccc3c(NC(=O)c4ccc(CCC(=O)N(C)C)cc4)n[nH]c3c2)c1Cl.COc1cc(OC)c(Cl)c(-c2ccc3c(NC(=O)c4ccc(CN(C)C)cc4)n[nH]c3c2)c1Cl.COc1cc(OC)c(Cl)c(-c2ccc3c(NC(=O)c4ccc(N(C)C)cc4)n[nH]c3c2)c1Cl.COc1cc(OC)c(Cl)c(-c2ccc3c(c2)CN=C3NC(=O)c2ccc(N3CCN(C(=O)C(C)(C)C)CC3)cc2)c1Cl. The highest BCUT2D eigenvalue weighted by atomic mass is 35.5. The molecule has 0 saturated carbocycles. The summed E-state index contributed by atoms with van der Waals surface area (Å²) >= 11 is 52.6. The van der Waals surface area contributed by atoms with Gasteiger partial charge in [-0.1, -0.05) is 168 Å². The Morgan fingerprint density at radius 1 is 0.377 bits per heavy atom. The summed E-state index contributed by atoms with van der Waals surface area (Å²) in [5.74, 6) is 4.59. The predicted octanol–water partition coefficient (Wildman–Crippen LogP) is 23.6. The maximum Gasteiger partial charge on any atom is 0.256 e. The molecule has 2 aliphatic rings. The van der Waals surface area contributed by atoms with E-state index in [2.05, 4.69) is 66.7 Å². The normalized spacial score (nSPS) is 12.1. The number of nitrogens with one attached hydrogen (secondary N) is 7. The average molecular weight is 2140 g/mol. The van der Waals surface area contributed by atoms with E-state index in [1.807, 2.05) is 192 Å². The van der Waals surface area contributed by atoms with Gasteiger partial charge in [0.1, 0.15) is 51.8 Å². The van der Waals surface area contributed by atoms with Crippen LogP contribution in [0.1, 0.15) is 90.9 Å². The molecule has 15 aromatic rings. The molecule has 12 aromatic carbocycles. The topological polar surface area (TPSA) is 339 Å². The summed E-state index contributed by atoms with van der Waals surface area (Å²) in [6, 6.07) is 58.5. The lowest BCUT2D eigenvalue weighted by molar-refractivity contribution is -0.139. The summed E-state index contributed by atoms with van der Waals surface area (Å²) in [5.41, 5.74) is 15.1. The number of halogens is 8. The van der Waals surface area contributed by atoms with E-state index >= 15 is 0 Å². The molecule has 38 heteroatoms. The van der Waals surface area contributed by atoms with Gasteiger partial charge < -0.3 is 83.7 Å². The summed E-state index contributed by atoms with van der Waals surface area (Å²) in [6.45, 7) is 9.94. The molecule has 1 fully saturated rings. The Hall–Kier alpha value is -14.2. The summed E-state index contributed by atoms with van der Waals surface area (Å²) < 4.78 is 43.0. The molecule has 0 spiro atoms. The first-order valence-electron chi connectivity index (χ1n) is 45.6. The molecule has 3 aromatic heterocycles. The van der Waals surface area contributed by atoms with Crippen LogP contribution in [0.2, 0.25) is 40.2 Å². The molecule has 5 heterocycles. The number of carbonyl (C=O) groups excluding carboxylic acids is 6. The van der Waals surface area contributed by atoms with Crippen molar-refractivity contribution in [2.24, 2.45) is 10.4 Å². The van der Waals surface area contributed by atoms with E-state index in [1.54, 1.807) is 79.7 Å². The van der Waals surface area contributed by atoms with Crippen molar-refractivity contribution in [3.8, 4) is 90.5 Å². The van der Waals surface area contributed by atoms with Gasteiger partial charge in [-0.15, -0.1) is 0 Å². The van der Waals surface area contributed by atoms with Crippen molar-refractivity contribution in [2.45, 2.75) is 46.7 Å². The minimum atomic E-state index is -0.380. The maximum absolute atomic E-state index is 13.1. The molecular formula is C108H106Cl8N16O14. The summed E-state index contributed by atoms with van der Waals surface area (Å²) in [5, 5.41) is 38.5. The Balaban J connectivity index is 0.000000155. The number of nitrogens with zero attached hydrogens (tertiary/aromatic N) is 9. The van der Waals surface area contributed by atoms with Crippen molar-refractivity contribution in [2.75, 3.05) is 151 Å². The third-order valence-corrected chi connectivity index (χ3v) is 27.2. The highest BCUT2D eigenvalue weighted by molar-refractivity contribution is 6.44. The molecule has 0 unspecified atom stereocenters. The third kappa shape index (κ3) is 24.1. The van der Waals surface area contributed by atoms with E-state index in [0.717, 1.165) is 91.7 Å². The minimum Gasteiger partial charge on any atom is -0.495 e. The van der Waals surface area contributed by atoms with E-state index in [0.29, 0.717) is 203 Å². The Morgan fingerprint density at radius 2 is 0.692 bits per heavy atom. The number of benzene rings is 12. The number of aromatic nitrogens is 6. The number of hydrogen-bond acceptors (Lipinski definition) is 21. The van der Waals surface area contributed by atoms with Crippen LogP contribution in [-0.2, 0) is 29.1 Å².